The fourth-order valence-electron chi connectivity index (χ4n) is 12.0. The Hall–Kier alpha value is -0.400. The third-order valence-electron chi connectivity index (χ3n) is 17.3. The van der Waals surface area contributed by atoms with E-state index in [0.29, 0.717) is 33.0 Å². The van der Waals surface area contributed by atoms with Gasteiger partial charge in [-0.3, -0.25) is 0 Å². The van der Waals surface area contributed by atoms with Crippen molar-refractivity contribution in [2.45, 2.75) is 411 Å². The quantitative estimate of drug-likeness (QED) is 0.0344. The number of nitrogens with zero attached hydrogens (tertiary/aromatic N) is 1. The summed E-state index contributed by atoms with van der Waals surface area (Å²) >= 11 is 5.48. The molecule has 0 aromatic carbocycles. The molecule has 0 N–H and O–H groups in total. The predicted octanol–water partition coefficient (Wildman–Crippen LogP) is 23.9. The minimum atomic E-state index is -1.15. The number of rotatable bonds is 66. The average molecular weight is 1120 g/mol. The Morgan fingerprint density at radius 2 is 0.603 bits per heavy atom. The first-order valence-corrected chi connectivity index (χ1v) is 36.3. The van der Waals surface area contributed by atoms with Crippen LogP contribution in [0.15, 0.2) is 4.99 Å². The van der Waals surface area contributed by atoms with Crippen LogP contribution in [0.3, 0.4) is 0 Å². The van der Waals surface area contributed by atoms with Crippen LogP contribution in [0.5, 0.6) is 0 Å². The molecule has 0 saturated carbocycles. The second-order valence-electron chi connectivity index (χ2n) is 24.8. The molecule has 0 bridgehead atoms. The molecule has 1 fully saturated rings. The van der Waals surface area contributed by atoms with Gasteiger partial charge in [-0.05, 0) is 37.9 Å². The van der Waals surface area contributed by atoms with Crippen LogP contribution in [0, 0.1) is 0 Å². The summed E-state index contributed by atoms with van der Waals surface area (Å²) in [5.74, 6) is 0. The van der Waals surface area contributed by atoms with Gasteiger partial charge in [0.05, 0.1) is 18.4 Å². The highest BCUT2D eigenvalue weighted by Crippen LogP contribution is 2.36. The summed E-state index contributed by atoms with van der Waals surface area (Å²) in [4.78, 5) is 4.97. The van der Waals surface area contributed by atoms with Gasteiger partial charge in [0, 0.05) is 26.4 Å². The molecule has 0 amide bonds. The zero-order valence-corrected chi connectivity index (χ0v) is 54.3. The van der Waals surface area contributed by atoms with Gasteiger partial charge >= 0.3 is 0 Å². The van der Waals surface area contributed by atoms with E-state index in [1.807, 2.05) is 0 Å². The normalized spacial score (nSPS) is 17.6. The molecule has 0 aromatic heterocycles. The van der Waals surface area contributed by atoms with Gasteiger partial charge in [-0.2, -0.15) is 4.99 Å². The molecule has 1 aliphatic heterocycles. The minimum Gasteiger partial charge on any atom is -0.379 e. The zero-order valence-electron chi connectivity index (χ0n) is 53.5. The van der Waals surface area contributed by atoms with E-state index < -0.39 is 17.9 Å². The van der Waals surface area contributed by atoms with Crippen molar-refractivity contribution in [1.29, 1.82) is 0 Å². The van der Waals surface area contributed by atoms with E-state index in [0.717, 1.165) is 38.7 Å². The lowest BCUT2D eigenvalue weighted by Crippen LogP contribution is -2.66. The molecular weight excluding hydrogens is 979 g/mol. The van der Waals surface area contributed by atoms with Crippen LogP contribution in [-0.2, 0) is 23.7 Å². The van der Waals surface area contributed by atoms with Crippen LogP contribution in [0.2, 0.25) is 0 Å². The lowest BCUT2D eigenvalue weighted by Gasteiger charge is -2.48. The van der Waals surface area contributed by atoms with Crippen LogP contribution in [-0.4, -0.2) is 68.8 Å². The van der Waals surface area contributed by atoms with E-state index in [1.54, 1.807) is 0 Å². The van der Waals surface area contributed by atoms with Crippen LogP contribution in [0.1, 0.15) is 387 Å². The maximum absolute atomic E-state index is 7.05. The number of hydrogen-bond donors (Lipinski definition) is 0. The Morgan fingerprint density at radius 3 is 0.897 bits per heavy atom. The van der Waals surface area contributed by atoms with Crippen molar-refractivity contribution in [2.24, 2.45) is 4.99 Å². The molecule has 0 radical (unpaired) electrons. The average Bonchev–Trinajstić information content (AvgIpc) is 3.45. The SMILES string of the molecule is CCCCCCCCCCCCCCCCOC[C@H]1OC[C@H](OCCCCCCCCCCCCCCCC)[C@@H](OCCCCCCCCCCCCCCCC)[C@@]1(N=C=S)OCCCCCCCCCCCCCCCC. The lowest BCUT2D eigenvalue weighted by atomic mass is 9.92. The van der Waals surface area contributed by atoms with Gasteiger partial charge in [-0.25, -0.2) is 0 Å². The van der Waals surface area contributed by atoms with E-state index >= 15 is 0 Å². The first kappa shape index (κ1) is 75.6. The van der Waals surface area contributed by atoms with Gasteiger partial charge in [0.25, 0.3) is 0 Å². The van der Waals surface area contributed by atoms with Gasteiger partial charge in [0.2, 0.25) is 5.72 Å². The van der Waals surface area contributed by atoms with Crippen molar-refractivity contribution in [3.8, 4) is 0 Å². The predicted molar refractivity (Wildman–Crippen MR) is 345 cm³/mol. The second-order valence-corrected chi connectivity index (χ2v) is 25.0. The van der Waals surface area contributed by atoms with Crippen LogP contribution in [0.4, 0.5) is 0 Å². The number of unbranched alkanes of at least 4 members (excludes halogenated alkanes) is 52. The molecule has 1 heterocycles. The highest BCUT2D eigenvalue weighted by Gasteiger charge is 2.56. The van der Waals surface area contributed by atoms with E-state index in [4.69, 9.17) is 40.9 Å². The number of thiocarbonyl (C=S) groups is 1. The van der Waals surface area contributed by atoms with Gasteiger partial charge in [-0.1, -0.05) is 362 Å². The monoisotopic (exact) mass is 1120 g/mol. The van der Waals surface area contributed by atoms with Crippen LogP contribution >= 0.6 is 12.2 Å². The first-order chi connectivity index (χ1) is 38.7. The summed E-state index contributed by atoms with van der Waals surface area (Å²) in [5.41, 5.74) is -1.15. The number of aliphatic imine (C=N–C) groups is 1. The number of hydrogen-bond acceptors (Lipinski definition) is 7. The second kappa shape index (κ2) is 62.6. The molecule has 0 unspecified atom stereocenters. The molecule has 7 heteroatoms. The highest BCUT2D eigenvalue weighted by atomic mass is 32.1. The van der Waals surface area contributed by atoms with Crippen molar-refractivity contribution >= 4 is 17.4 Å². The summed E-state index contributed by atoms with van der Waals surface area (Å²) in [5, 5.41) is 2.81. The van der Waals surface area contributed by atoms with E-state index in [2.05, 4.69) is 32.9 Å². The van der Waals surface area contributed by atoms with E-state index in [1.165, 1.54) is 327 Å². The van der Waals surface area contributed by atoms with Gasteiger partial charge in [0.15, 0.2) is 0 Å². The summed E-state index contributed by atoms with van der Waals surface area (Å²) < 4.78 is 34.1. The standard InChI is InChI=1S/C71H139NO5S/c1-5-9-13-17-21-25-29-33-37-41-45-49-53-57-61-73-66-69-71(72-67-78,77-64-60-56-52-48-44-40-36-32-28-24-20-16-12-8-4)70(75-63-59-55-51-47-43-39-35-31-27-23-19-15-11-7-3)68(65-76-69)74-62-58-54-50-46-42-38-34-30-26-22-18-14-10-6-2/h68-70H,5-66H2,1-4H3/t68-,69+,70+,71-/m0/s1. The smallest absolute Gasteiger partial charge is 0.225 e. The molecule has 1 saturated heterocycles. The molecule has 6 nitrogen and oxygen atoms in total. The van der Waals surface area contributed by atoms with Crippen molar-refractivity contribution in [3.05, 3.63) is 0 Å². The molecule has 1 rings (SSSR count). The van der Waals surface area contributed by atoms with E-state index in [-0.39, 0.29) is 6.10 Å². The zero-order chi connectivity index (χ0) is 56.0. The van der Waals surface area contributed by atoms with Gasteiger partial charge < -0.3 is 23.7 Å². The molecule has 0 aromatic rings. The Balaban J connectivity index is 2.85. The summed E-state index contributed by atoms with van der Waals surface area (Å²) in [6.07, 6.45) is 74.0. The van der Waals surface area contributed by atoms with Crippen LogP contribution in [0.25, 0.3) is 0 Å². The molecule has 78 heavy (non-hydrogen) atoms. The molecular formula is C71H139NO5S. The van der Waals surface area contributed by atoms with Gasteiger partial charge in [-0.15, -0.1) is 0 Å². The Labute approximate surface area is 494 Å². The molecule has 464 valence electrons. The van der Waals surface area contributed by atoms with Crippen molar-refractivity contribution < 1.29 is 23.7 Å². The van der Waals surface area contributed by atoms with Crippen molar-refractivity contribution in [2.75, 3.05) is 39.6 Å². The minimum absolute atomic E-state index is 0.288. The molecule has 0 spiro atoms. The highest BCUT2D eigenvalue weighted by molar-refractivity contribution is 7.78. The Kier molecular flexibility index (Phi) is 60.7. The fraction of sp³-hybridized carbons (Fsp3) is 0.986. The molecule has 0 aliphatic carbocycles. The number of ether oxygens (including phenoxy) is 5. The van der Waals surface area contributed by atoms with Crippen LogP contribution < -0.4 is 0 Å². The third kappa shape index (κ3) is 47.0. The third-order valence-corrected chi connectivity index (χ3v) is 17.3. The maximum atomic E-state index is 7.05. The summed E-state index contributed by atoms with van der Waals surface area (Å²) in [6.45, 7) is 12.7. The largest absolute Gasteiger partial charge is 0.379 e. The number of isothiocyanates is 1. The first-order valence-electron chi connectivity index (χ1n) is 35.9. The van der Waals surface area contributed by atoms with Crippen molar-refractivity contribution in [1.82, 2.24) is 0 Å². The molecule has 1 aliphatic rings. The lowest BCUT2D eigenvalue weighted by molar-refractivity contribution is -0.285. The van der Waals surface area contributed by atoms with E-state index in [9.17, 15) is 0 Å². The molecule has 4 atom stereocenters. The summed E-state index contributed by atoms with van der Waals surface area (Å²) in [6, 6.07) is 0. The fourth-order valence-corrected chi connectivity index (χ4v) is 12.1. The van der Waals surface area contributed by atoms with Gasteiger partial charge in [0.1, 0.15) is 18.3 Å². The summed E-state index contributed by atoms with van der Waals surface area (Å²) in [7, 11) is 0. The Bertz CT molecular complexity index is 1200. The maximum Gasteiger partial charge on any atom is 0.225 e. The Morgan fingerprint density at radius 1 is 0.346 bits per heavy atom. The van der Waals surface area contributed by atoms with Crippen molar-refractivity contribution in [3.63, 3.8) is 0 Å². The topological polar surface area (TPSA) is 58.5 Å².